The van der Waals surface area contributed by atoms with Gasteiger partial charge in [-0.1, -0.05) is 6.92 Å². The first kappa shape index (κ1) is 12.5. The van der Waals surface area contributed by atoms with Gasteiger partial charge >= 0.3 is 5.97 Å². The predicted octanol–water partition coefficient (Wildman–Crippen LogP) is 0.923. The molecule has 0 aromatic rings. The van der Waals surface area contributed by atoms with Crippen LogP contribution in [0.25, 0.3) is 0 Å². The Morgan fingerprint density at radius 1 is 1.60 bits per heavy atom. The van der Waals surface area contributed by atoms with Crippen molar-refractivity contribution in [2.75, 3.05) is 19.6 Å². The molecule has 0 aliphatic carbocycles. The number of nitrogens with zero attached hydrogens (tertiary/aromatic N) is 1. The third-order valence-electron chi connectivity index (χ3n) is 3.26. The van der Waals surface area contributed by atoms with Gasteiger partial charge in [-0.2, -0.15) is 0 Å². The van der Waals surface area contributed by atoms with Gasteiger partial charge < -0.3 is 10.4 Å². The molecule has 2 N–H and O–H groups in total. The molecule has 0 aromatic carbocycles. The Labute approximate surface area is 91.6 Å². The number of likely N-dealkylation sites (N-methyl/N-ethyl adjacent to an activating group) is 1. The molecule has 1 aliphatic rings. The fourth-order valence-corrected chi connectivity index (χ4v) is 2.48. The zero-order valence-electron chi connectivity index (χ0n) is 9.92. The first-order chi connectivity index (χ1) is 6.97. The Morgan fingerprint density at radius 3 is 2.80 bits per heavy atom. The number of carboxylic acids is 1. The van der Waals surface area contributed by atoms with E-state index in [1.54, 1.807) is 0 Å². The molecule has 1 aliphatic heterocycles. The molecule has 1 atom stereocenters. The third kappa shape index (κ3) is 3.18. The fraction of sp³-hybridized carbons (Fsp3) is 0.909. The summed E-state index contributed by atoms with van der Waals surface area (Å²) < 4.78 is 0. The van der Waals surface area contributed by atoms with Gasteiger partial charge in [-0.25, -0.2) is 0 Å². The fourth-order valence-electron chi connectivity index (χ4n) is 2.48. The summed E-state index contributed by atoms with van der Waals surface area (Å²) >= 11 is 0. The lowest BCUT2D eigenvalue weighted by molar-refractivity contribution is -0.138. The maximum absolute atomic E-state index is 10.8. The molecule has 1 heterocycles. The van der Waals surface area contributed by atoms with E-state index in [-0.39, 0.29) is 18.0 Å². The van der Waals surface area contributed by atoms with Gasteiger partial charge in [0, 0.05) is 18.1 Å². The Bertz CT molecular complexity index is 229. The average molecular weight is 214 g/mol. The number of hydrogen-bond donors (Lipinski definition) is 2. The van der Waals surface area contributed by atoms with Gasteiger partial charge in [0.2, 0.25) is 0 Å². The van der Waals surface area contributed by atoms with Crippen LogP contribution in [0.5, 0.6) is 0 Å². The molecule has 0 saturated carbocycles. The van der Waals surface area contributed by atoms with E-state index in [2.05, 4.69) is 31.0 Å². The first-order valence-electron chi connectivity index (χ1n) is 5.66. The van der Waals surface area contributed by atoms with E-state index in [0.29, 0.717) is 0 Å². The van der Waals surface area contributed by atoms with Crippen molar-refractivity contribution < 1.29 is 9.90 Å². The molecular weight excluding hydrogens is 192 g/mol. The standard InChI is InChI=1S/C11H22N2O2/c1-4-13-9(7-10(14)15)8-12-6-5-11(13,2)3/h9,12H,4-8H2,1-3H3,(H,14,15). The molecule has 1 rings (SSSR count). The molecule has 1 unspecified atom stereocenters. The largest absolute Gasteiger partial charge is 0.481 e. The van der Waals surface area contributed by atoms with Crippen LogP contribution in [0, 0.1) is 0 Å². The van der Waals surface area contributed by atoms with Gasteiger partial charge in [0.1, 0.15) is 0 Å². The van der Waals surface area contributed by atoms with Crippen LogP contribution < -0.4 is 5.32 Å². The lowest BCUT2D eigenvalue weighted by Gasteiger charge is -2.40. The molecule has 1 fully saturated rings. The summed E-state index contributed by atoms with van der Waals surface area (Å²) in [5.41, 5.74) is 0.0956. The van der Waals surface area contributed by atoms with Crippen molar-refractivity contribution in [3.05, 3.63) is 0 Å². The predicted molar refractivity (Wildman–Crippen MR) is 60.0 cm³/mol. The maximum Gasteiger partial charge on any atom is 0.304 e. The molecule has 0 radical (unpaired) electrons. The van der Waals surface area contributed by atoms with Crippen LogP contribution in [-0.4, -0.2) is 47.2 Å². The normalized spacial score (nSPS) is 27.3. The van der Waals surface area contributed by atoms with Crippen molar-refractivity contribution in [3.8, 4) is 0 Å². The summed E-state index contributed by atoms with van der Waals surface area (Å²) in [6.07, 6.45) is 1.29. The highest BCUT2D eigenvalue weighted by Crippen LogP contribution is 2.24. The van der Waals surface area contributed by atoms with Gasteiger partial charge in [0.05, 0.1) is 6.42 Å². The number of nitrogens with one attached hydrogen (secondary N) is 1. The highest BCUT2D eigenvalue weighted by Gasteiger charge is 2.34. The number of carboxylic acid groups (broad SMARTS) is 1. The lowest BCUT2D eigenvalue weighted by Crippen LogP contribution is -2.51. The molecular formula is C11H22N2O2. The molecule has 4 heteroatoms. The van der Waals surface area contributed by atoms with Crippen molar-refractivity contribution in [1.82, 2.24) is 10.2 Å². The van der Waals surface area contributed by atoms with Crippen LogP contribution in [0.4, 0.5) is 0 Å². The van der Waals surface area contributed by atoms with Crippen LogP contribution in [-0.2, 0) is 4.79 Å². The minimum atomic E-state index is -0.710. The smallest absolute Gasteiger partial charge is 0.304 e. The quantitative estimate of drug-likeness (QED) is 0.733. The molecule has 0 spiro atoms. The minimum Gasteiger partial charge on any atom is -0.481 e. The Morgan fingerprint density at radius 2 is 2.27 bits per heavy atom. The number of hydrogen-bond acceptors (Lipinski definition) is 3. The summed E-state index contributed by atoms with van der Waals surface area (Å²) in [5.74, 6) is -0.710. The van der Waals surface area contributed by atoms with E-state index in [0.717, 1.165) is 26.1 Å². The summed E-state index contributed by atoms with van der Waals surface area (Å²) in [6.45, 7) is 9.15. The second kappa shape index (κ2) is 4.94. The zero-order chi connectivity index (χ0) is 11.5. The van der Waals surface area contributed by atoms with Crippen LogP contribution in [0.15, 0.2) is 0 Å². The van der Waals surface area contributed by atoms with E-state index in [1.807, 2.05) is 0 Å². The van der Waals surface area contributed by atoms with Gasteiger partial charge in [-0.3, -0.25) is 9.69 Å². The van der Waals surface area contributed by atoms with Crippen molar-refractivity contribution in [1.29, 1.82) is 0 Å². The Hall–Kier alpha value is -0.610. The van der Waals surface area contributed by atoms with E-state index in [4.69, 9.17) is 5.11 Å². The first-order valence-corrected chi connectivity index (χ1v) is 5.66. The van der Waals surface area contributed by atoms with E-state index >= 15 is 0 Å². The topological polar surface area (TPSA) is 52.6 Å². The average Bonchev–Trinajstić information content (AvgIpc) is 2.23. The maximum atomic E-state index is 10.8. The van der Waals surface area contributed by atoms with E-state index in [1.165, 1.54) is 0 Å². The molecule has 0 bridgehead atoms. The van der Waals surface area contributed by atoms with Crippen LogP contribution in [0.2, 0.25) is 0 Å². The second-order valence-corrected chi connectivity index (χ2v) is 4.80. The molecule has 15 heavy (non-hydrogen) atoms. The summed E-state index contributed by atoms with van der Waals surface area (Å²) in [7, 11) is 0. The summed E-state index contributed by atoms with van der Waals surface area (Å²) in [5, 5.41) is 12.2. The molecule has 0 amide bonds. The number of carbonyl (C=O) groups is 1. The van der Waals surface area contributed by atoms with Crippen molar-refractivity contribution >= 4 is 5.97 Å². The van der Waals surface area contributed by atoms with Gasteiger partial charge in [-0.05, 0) is 33.4 Å². The van der Waals surface area contributed by atoms with Crippen LogP contribution in [0.3, 0.4) is 0 Å². The van der Waals surface area contributed by atoms with E-state index in [9.17, 15) is 4.79 Å². The Balaban J connectivity index is 2.77. The second-order valence-electron chi connectivity index (χ2n) is 4.80. The van der Waals surface area contributed by atoms with E-state index < -0.39 is 5.97 Å². The summed E-state index contributed by atoms with van der Waals surface area (Å²) in [6, 6.07) is 0.116. The van der Waals surface area contributed by atoms with Crippen LogP contribution in [0.1, 0.15) is 33.6 Å². The molecule has 1 saturated heterocycles. The van der Waals surface area contributed by atoms with Gasteiger partial charge in [0.25, 0.3) is 0 Å². The van der Waals surface area contributed by atoms with Crippen molar-refractivity contribution in [2.45, 2.75) is 45.2 Å². The van der Waals surface area contributed by atoms with Crippen molar-refractivity contribution in [2.24, 2.45) is 0 Å². The number of rotatable bonds is 3. The van der Waals surface area contributed by atoms with Crippen molar-refractivity contribution in [3.63, 3.8) is 0 Å². The van der Waals surface area contributed by atoms with Crippen LogP contribution >= 0.6 is 0 Å². The Kier molecular flexibility index (Phi) is 4.11. The molecule has 0 aromatic heterocycles. The molecule has 88 valence electrons. The SMILES string of the molecule is CCN1C(CC(=O)O)CNCCC1(C)C. The monoisotopic (exact) mass is 214 g/mol. The zero-order valence-corrected chi connectivity index (χ0v) is 9.92. The number of aliphatic carboxylic acids is 1. The minimum absolute atomic E-state index is 0.0956. The lowest BCUT2D eigenvalue weighted by atomic mass is 9.96. The summed E-state index contributed by atoms with van der Waals surface area (Å²) in [4.78, 5) is 13.1. The third-order valence-corrected chi connectivity index (χ3v) is 3.26. The van der Waals surface area contributed by atoms with Gasteiger partial charge in [-0.15, -0.1) is 0 Å². The highest BCUT2D eigenvalue weighted by atomic mass is 16.4. The van der Waals surface area contributed by atoms with Gasteiger partial charge in [0.15, 0.2) is 0 Å². The molecule has 4 nitrogen and oxygen atoms in total. The highest BCUT2D eigenvalue weighted by molar-refractivity contribution is 5.67.